The molecule has 0 aliphatic carbocycles. The van der Waals surface area contributed by atoms with Crippen LogP contribution in [0.1, 0.15) is 13.3 Å². The molecule has 4 heteroatoms. The summed E-state index contributed by atoms with van der Waals surface area (Å²) >= 11 is 0. The number of nitrogens with two attached hydrogens (primary N) is 1. The predicted molar refractivity (Wildman–Crippen MR) is 60.6 cm³/mol. The van der Waals surface area contributed by atoms with Gasteiger partial charge in [-0.1, -0.05) is 6.92 Å². The molecule has 0 bridgehead atoms. The van der Waals surface area contributed by atoms with Gasteiger partial charge in [0.2, 0.25) is 0 Å². The minimum atomic E-state index is 0.591. The van der Waals surface area contributed by atoms with Gasteiger partial charge in [0.25, 0.3) is 0 Å². The van der Waals surface area contributed by atoms with Crippen LogP contribution in [0.5, 0.6) is 11.5 Å². The third-order valence-corrected chi connectivity index (χ3v) is 2.28. The molecule has 2 rings (SSSR count). The van der Waals surface area contributed by atoms with Crippen molar-refractivity contribution < 1.29 is 9.47 Å². The smallest absolute Gasteiger partial charge is 0.163 e. The Morgan fingerprint density at radius 1 is 1.27 bits per heavy atom. The van der Waals surface area contributed by atoms with E-state index in [-0.39, 0.29) is 0 Å². The molecule has 0 spiro atoms. The van der Waals surface area contributed by atoms with E-state index in [0.717, 1.165) is 30.2 Å². The summed E-state index contributed by atoms with van der Waals surface area (Å²) in [5.74, 6) is 1.51. The number of hydrogen-bond acceptors (Lipinski definition) is 4. The van der Waals surface area contributed by atoms with Gasteiger partial charge in [0.05, 0.1) is 11.4 Å². The van der Waals surface area contributed by atoms with Crippen LogP contribution in [-0.2, 0) is 0 Å². The van der Waals surface area contributed by atoms with Crippen molar-refractivity contribution in [3.63, 3.8) is 0 Å². The second-order valence-corrected chi connectivity index (χ2v) is 3.51. The molecular weight excluding hydrogens is 192 g/mol. The maximum Gasteiger partial charge on any atom is 0.163 e. The Morgan fingerprint density at radius 2 is 1.93 bits per heavy atom. The molecule has 1 aromatic rings. The molecule has 1 aliphatic rings. The van der Waals surface area contributed by atoms with Crippen molar-refractivity contribution in [2.24, 2.45) is 0 Å². The van der Waals surface area contributed by atoms with Crippen LogP contribution in [-0.4, -0.2) is 19.8 Å². The topological polar surface area (TPSA) is 56.5 Å². The van der Waals surface area contributed by atoms with E-state index in [0.29, 0.717) is 18.9 Å². The van der Waals surface area contributed by atoms with Crippen LogP contribution in [0.4, 0.5) is 11.4 Å². The van der Waals surface area contributed by atoms with E-state index in [1.807, 2.05) is 12.1 Å². The Balaban J connectivity index is 2.24. The van der Waals surface area contributed by atoms with Crippen LogP contribution in [0.25, 0.3) is 0 Å². The fourth-order valence-electron chi connectivity index (χ4n) is 1.52. The number of nitrogens with one attached hydrogen (secondary N) is 1. The van der Waals surface area contributed by atoms with Gasteiger partial charge in [-0.3, -0.25) is 0 Å². The molecule has 3 N–H and O–H groups in total. The summed E-state index contributed by atoms with van der Waals surface area (Å²) in [5.41, 5.74) is 7.51. The summed E-state index contributed by atoms with van der Waals surface area (Å²) < 4.78 is 10.9. The maximum atomic E-state index is 5.89. The lowest BCUT2D eigenvalue weighted by molar-refractivity contribution is 0.172. The number of benzene rings is 1. The van der Waals surface area contributed by atoms with E-state index >= 15 is 0 Å². The largest absolute Gasteiger partial charge is 0.486 e. The number of fused-ring (bicyclic) bond motifs is 1. The van der Waals surface area contributed by atoms with Gasteiger partial charge in [-0.25, -0.2) is 0 Å². The molecule has 0 unspecified atom stereocenters. The monoisotopic (exact) mass is 208 g/mol. The van der Waals surface area contributed by atoms with E-state index in [2.05, 4.69) is 12.2 Å². The van der Waals surface area contributed by atoms with E-state index in [1.165, 1.54) is 0 Å². The van der Waals surface area contributed by atoms with Gasteiger partial charge in [0.15, 0.2) is 11.5 Å². The highest BCUT2D eigenvalue weighted by atomic mass is 16.6. The zero-order valence-electron chi connectivity index (χ0n) is 8.88. The van der Waals surface area contributed by atoms with Gasteiger partial charge in [0.1, 0.15) is 13.2 Å². The molecule has 0 saturated carbocycles. The molecule has 0 atom stereocenters. The Bertz CT molecular complexity index is 353. The van der Waals surface area contributed by atoms with E-state index in [4.69, 9.17) is 15.2 Å². The van der Waals surface area contributed by atoms with Gasteiger partial charge in [-0.2, -0.15) is 0 Å². The van der Waals surface area contributed by atoms with Crippen molar-refractivity contribution in [2.75, 3.05) is 30.8 Å². The summed E-state index contributed by atoms with van der Waals surface area (Å²) in [7, 11) is 0. The maximum absolute atomic E-state index is 5.89. The Hall–Kier alpha value is -1.58. The minimum Gasteiger partial charge on any atom is -0.486 e. The minimum absolute atomic E-state index is 0.591. The molecule has 1 aliphatic heterocycles. The Kier molecular flexibility index (Phi) is 2.85. The van der Waals surface area contributed by atoms with Gasteiger partial charge in [-0.05, 0) is 6.42 Å². The molecule has 0 amide bonds. The van der Waals surface area contributed by atoms with Crippen LogP contribution in [0.3, 0.4) is 0 Å². The number of anilines is 2. The lowest BCUT2D eigenvalue weighted by atomic mass is 10.2. The molecule has 1 heterocycles. The molecule has 1 aromatic carbocycles. The van der Waals surface area contributed by atoms with E-state index in [9.17, 15) is 0 Å². The van der Waals surface area contributed by atoms with Crippen LogP contribution in [0, 0.1) is 0 Å². The first-order valence-electron chi connectivity index (χ1n) is 5.24. The third kappa shape index (κ3) is 2.09. The normalized spacial score (nSPS) is 13.7. The number of ether oxygens (including phenoxy) is 2. The van der Waals surface area contributed by atoms with Crippen molar-refractivity contribution >= 4 is 11.4 Å². The van der Waals surface area contributed by atoms with Crippen LogP contribution in [0.15, 0.2) is 12.1 Å². The summed E-state index contributed by atoms with van der Waals surface area (Å²) in [6.45, 7) is 4.21. The van der Waals surface area contributed by atoms with Crippen molar-refractivity contribution in [1.29, 1.82) is 0 Å². The van der Waals surface area contributed by atoms with Crippen molar-refractivity contribution in [3.8, 4) is 11.5 Å². The Morgan fingerprint density at radius 3 is 2.60 bits per heavy atom. The average molecular weight is 208 g/mol. The first-order chi connectivity index (χ1) is 7.31. The van der Waals surface area contributed by atoms with Crippen LogP contribution < -0.4 is 20.5 Å². The zero-order chi connectivity index (χ0) is 10.7. The summed E-state index contributed by atoms with van der Waals surface area (Å²) in [5, 5.41) is 3.25. The highest BCUT2D eigenvalue weighted by Gasteiger charge is 2.14. The van der Waals surface area contributed by atoms with Gasteiger partial charge < -0.3 is 20.5 Å². The summed E-state index contributed by atoms with van der Waals surface area (Å²) in [6, 6.07) is 3.71. The first-order valence-corrected chi connectivity index (χ1v) is 5.24. The second-order valence-electron chi connectivity index (χ2n) is 3.51. The van der Waals surface area contributed by atoms with E-state index < -0.39 is 0 Å². The van der Waals surface area contributed by atoms with Crippen molar-refractivity contribution in [3.05, 3.63) is 12.1 Å². The highest BCUT2D eigenvalue weighted by molar-refractivity contribution is 5.72. The number of hydrogen-bond donors (Lipinski definition) is 2. The molecule has 0 radical (unpaired) electrons. The molecule has 82 valence electrons. The van der Waals surface area contributed by atoms with Gasteiger partial charge in [0, 0.05) is 18.7 Å². The van der Waals surface area contributed by atoms with E-state index in [1.54, 1.807) is 0 Å². The third-order valence-electron chi connectivity index (χ3n) is 2.28. The quantitative estimate of drug-likeness (QED) is 0.744. The van der Waals surface area contributed by atoms with Crippen molar-refractivity contribution in [2.45, 2.75) is 13.3 Å². The molecule has 4 nitrogen and oxygen atoms in total. The summed E-state index contributed by atoms with van der Waals surface area (Å²) in [4.78, 5) is 0. The van der Waals surface area contributed by atoms with Crippen molar-refractivity contribution in [1.82, 2.24) is 0 Å². The first kappa shape index (κ1) is 9.96. The predicted octanol–water partition coefficient (Wildman–Crippen LogP) is 1.86. The lowest BCUT2D eigenvalue weighted by Gasteiger charge is -2.20. The Labute approximate surface area is 89.4 Å². The lowest BCUT2D eigenvalue weighted by Crippen LogP contribution is -2.16. The summed E-state index contributed by atoms with van der Waals surface area (Å²) in [6.07, 6.45) is 1.06. The number of nitrogen functional groups attached to an aromatic ring is 1. The average Bonchev–Trinajstić information content (AvgIpc) is 2.26. The van der Waals surface area contributed by atoms with Crippen LogP contribution >= 0.6 is 0 Å². The van der Waals surface area contributed by atoms with Gasteiger partial charge in [-0.15, -0.1) is 0 Å². The second kappa shape index (κ2) is 4.29. The fraction of sp³-hybridized carbons (Fsp3) is 0.455. The van der Waals surface area contributed by atoms with Crippen LogP contribution in [0.2, 0.25) is 0 Å². The molecule has 0 saturated heterocycles. The van der Waals surface area contributed by atoms with Gasteiger partial charge >= 0.3 is 0 Å². The molecule has 15 heavy (non-hydrogen) atoms. The molecular formula is C11H16N2O2. The fourth-order valence-corrected chi connectivity index (χ4v) is 1.52. The zero-order valence-corrected chi connectivity index (χ0v) is 8.88. The molecule has 0 fully saturated rings. The number of rotatable bonds is 3. The highest BCUT2D eigenvalue weighted by Crippen LogP contribution is 2.36. The standard InChI is InChI=1S/C11H16N2O2/c1-2-3-13-9-7-11-10(6-8(9)12)14-4-5-15-11/h6-7,13H,2-5,12H2,1H3. The SMILES string of the molecule is CCCNc1cc2c(cc1N)OCCO2. The molecule has 0 aromatic heterocycles.